The molecule has 0 aliphatic carbocycles. The maximum atomic E-state index is 14.7. The van der Waals surface area contributed by atoms with Crippen LogP contribution in [0.5, 0.6) is 0 Å². The molecule has 0 spiro atoms. The lowest BCUT2D eigenvalue weighted by molar-refractivity contribution is -0.186. The van der Waals surface area contributed by atoms with Gasteiger partial charge in [-0.2, -0.15) is 0 Å². The monoisotopic (exact) mass is 453 g/mol. The molecule has 8 nitrogen and oxygen atoms in total. The predicted octanol–water partition coefficient (Wildman–Crippen LogP) is 1.87. The number of nitrogens with zero attached hydrogens (tertiary/aromatic N) is 4. The van der Waals surface area contributed by atoms with Gasteiger partial charge in [-0.1, -0.05) is 6.92 Å². The van der Waals surface area contributed by atoms with Gasteiger partial charge in [0.2, 0.25) is 0 Å². The lowest BCUT2D eigenvalue weighted by atomic mass is 9.96. The first-order valence-corrected chi connectivity index (χ1v) is 11.3. The molecule has 2 aliphatic heterocycles. The Bertz CT molecular complexity index is 1250. The van der Waals surface area contributed by atoms with Gasteiger partial charge < -0.3 is 19.7 Å². The highest BCUT2D eigenvalue weighted by molar-refractivity contribution is 5.75. The summed E-state index contributed by atoms with van der Waals surface area (Å²) in [6.07, 6.45) is 0.462. The van der Waals surface area contributed by atoms with Crippen molar-refractivity contribution in [3.05, 3.63) is 63.1 Å². The van der Waals surface area contributed by atoms with E-state index in [1.54, 1.807) is 0 Å². The Balaban J connectivity index is 1.26. The van der Waals surface area contributed by atoms with Crippen LogP contribution in [0.1, 0.15) is 29.6 Å². The Labute approximate surface area is 191 Å². The van der Waals surface area contributed by atoms with Gasteiger partial charge >= 0.3 is 0 Å². The zero-order chi connectivity index (χ0) is 23.2. The van der Waals surface area contributed by atoms with Crippen molar-refractivity contribution < 1.29 is 14.2 Å². The van der Waals surface area contributed by atoms with Crippen molar-refractivity contribution in [2.45, 2.75) is 32.4 Å². The number of ether oxygens (including phenoxy) is 1. The van der Waals surface area contributed by atoms with Gasteiger partial charge in [0.05, 0.1) is 35.8 Å². The van der Waals surface area contributed by atoms with Crippen LogP contribution < -0.4 is 10.5 Å². The van der Waals surface area contributed by atoms with E-state index in [4.69, 9.17) is 4.74 Å². The van der Waals surface area contributed by atoms with Crippen LogP contribution in [0.15, 0.2) is 29.1 Å². The van der Waals surface area contributed by atoms with E-state index in [2.05, 4.69) is 24.8 Å². The van der Waals surface area contributed by atoms with E-state index in [9.17, 15) is 14.3 Å². The minimum atomic E-state index is -0.963. The lowest BCUT2D eigenvalue weighted by Gasteiger charge is -2.38. The molecule has 0 saturated carbocycles. The molecule has 2 aliphatic rings. The fraction of sp³-hybridized carbons (Fsp3) is 0.458. The summed E-state index contributed by atoms with van der Waals surface area (Å²) in [5.74, 6) is -0.410. The molecule has 4 heterocycles. The standard InChI is InChI=1S/C24H28FN5O3/c1-3-18-23(31)28-19-11-16(10-17(25)22(19)27-18)12-29-6-8-30(9-7-29)20-4-5-21(26-15(20)2)24(32)13-33-14-24/h4-5,10-11,32H,3,6-9,12-14H2,1-2H3,(H,28,31). The van der Waals surface area contributed by atoms with Crippen LogP contribution in [0.3, 0.4) is 0 Å². The number of hydrogen-bond acceptors (Lipinski definition) is 7. The number of H-pyrrole nitrogens is 1. The number of hydrogen-bond donors (Lipinski definition) is 2. The van der Waals surface area contributed by atoms with E-state index < -0.39 is 11.4 Å². The molecule has 9 heteroatoms. The number of fused-ring (bicyclic) bond motifs is 1. The van der Waals surface area contributed by atoms with Crippen molar-refractivity contribution in [3.8, 4) is 0 Å². The van der Waals surface area contributed by atoms with Gasteiger partial charge in [0.25, 0.3) is 5.56 Å². The number of anilines is 1. The summed E-state index contributed by atoms with van der Waals surface area (Å²) in [5, 5.41) is 10.5. The highest BCUT2D eigenvalue weighted by atomic mass is 19.1. The largest absolute Gasteiger partial charge is 0.379 e. The molecule has 174 valence electrons. The molecule has 0 amide bonds. The molecule has 0 radical (unpaired) electrons. The average molecular weight is 454 g/mol. The summed E-state index contributed by atoms with van der Waals surface area (Å²) in [6.45, 7) is 8.25. The van der Waals surface area contributed by atoms with E-state index in [-0.39, 0.29) is 24.3 Å². The Morgan fingerprint density at radius 2 is 1.94 bits per heavy atom. The van der Waals surface area contributed by atoms with Crippen molar-refractivity contribution in [1.82, 2.24) is 19.9 Å². The van der Waals surface area contributed by atoms with Gasteiger partial charge in [-0.05, 0) is 43.2 Å². The first-order valence-electron chi connectivity index (χ1n) is 11.3. The fourth-order valence-electron chi connectivity index (χ4n) is 4.57. The summed E-state index contributed by atoms with van der Waals surface area (Å²) in [7, 11) is 0. The van der Waals surface area contributed by atoms with E-state index in [1.165, 1.54) is 6.07 Å². The molecule has 0 atom stereocenters. The lowest BCUT2D eigenvalue weighted by Crippen LogP contribution is -2.48. The molecule has 1 aromatic carbocycles. The molecular formula is C24H28FN5O3. The molecule has 2 saturated heterocycles. The second-order valence-electron chi connectivity index (χ2n) is 8.93. The van der Waals surface area contributed by atoms with Crippen LogP contribution in [0.25, 0.3) is 11.0 Å². The Morgan fingerprint density at radius 1 is 1.18 bits per heavy atom. The third-order valence-corrected chi connectivity index (χ3v) is 6.55. The van der Waals surface area contributed by atoms with Gasteiger partial charge in [0, 0.05) is 32.7 Å². The smallest absolute Gasteiger partial charge is 0.270 e. The first kappa shape index (κ1) is 21.9. The van der Waals surface area contributed by atoms with Crippen molar-refractivity contribution >= 4 is 16.7 Å². The number of rotatable bonds is 5. The van der Waals surface area contributed by atoms with Gasteiger partial charge in [-0.15, -0.1) is 0 Å². The number of nitrogens with one attached hydrogen (secondary N) is 1. The van der Waals surface area contributed by atoms with Gasteiger partial charge in [0.15, 0.2) is 11.4 Å². The molecule has 2 fully saturated rings. The molecule has 0 bridgehead atoms. The summed E-state index contributed by atoms with van der Waals surface area (Å²) in [5.41, 5.74) is 3.19. The summed E-state index contributed by atoms with van der Waals surface area (Å²) in [6, 6.07) is 7.24. The molecule has 2 N–H and O–H groups in total. The number of aromatic amines is 1. The van der Waals surface area contributed by atoms with Crippen LogP contribution in [-0.4, -0.2) is 64.4 Å². The Kier molecular flexibility index (Phi) is 5.64. The number of aliphatic hydroxyl groups is 1. The molecule has 3 aromatic rings. The summed E-state index contributed by atoms with van der Waals surface area (Å²) < 4.78 is 19.8. The molecular weight excluding hydrogens is 425 g/mol. The molecule has 33 heavy (non-hydrogen) atoms. The third kappa shape index (κ3) is 4.12. The Hall–Kier alpha value is -2.88. The second-order valence-corrected chi connectivity index (χ2v) is 8.93. The minimum absolute atomic E-state index is 0.213. The zero-order valence-electron chi connectivity index (χ0n) is 18.9. The maximum absolute atomic E-state index is 14.7. The van der Waals surface area contributed by atoms with Crippen molar-refractivity contribution in [3.63, 3.8) is 0 Å². The topological polar surface area (TPSA) is 94.6 Å². The Morgan fingerprint density at radius 3 is 2.58 bits per heavy atom. The van der Waals surface area contributed by atoms with Crippen molar-refractivity contribution in [1.29, 1.82) is 0 Å². The van der Waals surface area contributed by atoms with Gasteiger partial charge in [0.1, 0.15) is 11.2 Å². The first-order chi connectivity index (χ1) is 15.9. The predicted molar refractivity (Wildman–Crippen MR) is 123 cm³/mol. The van der Waals surface area contributed by atoms with E-state index >= 15 is 0 Å². The second kappa shape index (κ2) is 8.48. The number of aryl methyl sites for hydroxylation is 2. The molecule has 0 unspecified atom stereocenters. The quantitative estimate of drug-likeness (QED) is 0.609. The minimum Gasteiger partial charge on any atom is -0.379 e. The SMILES string of the molecule is CCc1nc2c(F)cc(CN3CCN(c4ccc(C5(O)COC5)nc4C)CC3)cc2[nH]c1=O. The third-order valence-electron chi connectivity index (χ3n) is 6.55. The molecule has 5 rings (SSSR count). The number of benzene rings is 1. The highest BCUT2D eigenvalue weighted by Crippen LogP contribution is 2.30. The number of piperazine rings is 1. The van der Waals surface area contributed by atoms with Gasteiger partial charge in [-0.25, -0.2) is 9.37 Å². The summed E-state index contributed by atoms with van der Waals surface area (Å²) >= 11 is 0. The number of halogens is 1. The number of aromatic nitrogens is 3. The van der Waals surface area contributed by atoms with E-state index in [0.29, 0.717) is 29.9 Å². The molecule has 2 aromatic heterocycles. The highest BCUT2D eigenvalue weighted by Gasteiger charge is 2.39. The van der Waals surface area contributed by atoms with E-state index in [1.807, 2.05) is 32.0 Å². The van der Waals surface area contributed by atoms with Crippen molar-refractivity contribution in [2.24, 2.45) is 0 Å². The normalized spacial score (nSPS) is 18.5. The van der Waals surface area contributed by atoms with Crippen LogP contribution >= 0.6 is 0 Å². The van der Waals surface area contributed by atoms with Crippen LogP contribution in [0, 0.1) is 12.7 Å². The maximum Gasteiger partial charge on any atom is 0.270 e. The fourth-order valence-corrected chi connectivity index (χ4v) is 4.57. The number of pyridine rings is 1. The zero-order valence-corrected chi connectivity index (χ0v) is 18.9. The average Bonchev–Trinajstić information content (AvgIpc) is 2.77. The van der Waals surface area contributed by atoms with Crippen molar-refractivity contribution in [2.75, 3.05) is 44.3 Å². The summed E-state index contributed by atoms with van der Waals surface area (Å²) in [4.78, 5) is 28.2. The van der Waals surface area contributed by atoms with Gasteiger partial charge in [-0.3, -0.25) is 14.7 Å². The van der Waals surface area contributed by atoms with E-state index in [0.717, 1.165) is 43.1 Å². The van der Waals surface area contributed by atoms with Crippen LogP contribution in [-0.2, 0) is 23.3 Å². The van der Waals surface area contributed by atoms with Crippen LogP contribution in [0.4, 0.5) is 10.1 Å². The van der Waals surface area contributed by atoms with Crippen LogP contribution in [0.2, 0.25) is 0 Å².